The summed E-state index contributed by atoms with van der Waals surface area (Å²) in [6.07, 6.45) is 2.83. The van der Waals surface area contributed by atoms with Gasteiger partial charge in [-0.1, -0.05) is 11.6 Å². The molecule has 0 radical (unpaired) electrons. The quantitative estimate of drug-likeness (QED) is 0.912. The number of rotatable bonds is 3. The Morgan fingerprint density at radius 1 is 1.56 bits per heavy atom. The highest BCUT2D eigenvalue weighted by atomic mass is 35.5. The SMILES string of the molecule is O=C(CC1CCCSC1)Nc1ccc(F)c(Cl)c1. The summed E-state index contributed by atoms with van der Waals surface area (Å²) < 4.78 is 13.0. The lowest BCUT2D eigenvalue weighted by molar-refractivity contribution is -0.117. The van der Waals surface area contributed by atoms with Gasteiger partial charge in [0.05, 0.1) is 5.02 Å². The molecule has 0 bridgehead atoms. The first kappa shape index (κ1) is 13.7. The highest BCUT2D eigenvalue weighted by Gasteiger charge is 2.17. The van der Waals surface area contributed by atoms with E-state index in [9.17, 15) is 9.18 Å². The maximum Gasteiger partial charge on any atom is 0.224 e. The van der Waals surface area contributed by atoms with Crippen molar-refractivity contribution in [3.05, 3.63) is 29.0 Å². The molecular formula is C13H15ClFNOS. The molecule has 1 atom stereocenters. The fraction of sp³-hybridized carbons (Fsp3) is 0.462. The van der Waals surface area contributed by atoms with Crippen LogP contribution in [0, 0.1) is 11.7 Å². The summed E-state index contributed by atoms with van der Waals surface area (Å²) in [5, 5.41) is 2.79. The highest BCUT2D eigenvalue weighted by molar-refractivity contribution is 7.99. The molecule has 18 heavy (non-hydrogen) atoms. The van der Waals surface area contributed by atoms with Crippen LogP contribution in [0.2, 0.25) is 5.02 Å². The van der Waals surface area contributed by atoms with Crippen LogP contribution in [-0.2, 0) is 4.79 Å². The fourth-order valence-electron chi connectivity index (χ4n) is 2.02. The van der Waals surface area contributed by atoms with Crippen molar-refractivity contribution >= 4 is 35.0 Å². The molecule has 1 aromatic rings. The van der Waals surface area contributed by atoms with Gasteiger partial charge >= 0.3 is 0 Å². The summed E-state index contributed by atoms with van der Waals surface area (Å²) in [7, 11) is 0. The molecule has 1 heterocycles. The Hall–Kier alpha value is -0.740. The molecule has 98 valence electrons. The molecule has 1 aromatic carbocycles. The van der Waals surface area contributed by atoms with Gasteiger partial charge in [0, 0.05) is 12.1 Å². The number of halogens is 2. The zero-order chi connectivity index (χ0) is 13.0. The second-order valence-corrected chi connectivity index (χ2v) is 6.02. The third-order valence-corrected chi connectivity index (χ3v) is 4.51. The molecule has 5 heteroatoms. The van der Waals surface area contributed by atoms with Crippen LogP contribution in [0.25, 0.3) is 0 Å². The number of hydrogen-bond donors (Lipinski definition) is 1. The van der Waals surface area contributed by atoms with Crippen LogP contribution < -0.4 is 5.32 Å². The zero-order valence-corrected chi connectivity index (χ0v) is 11.5. The van der Waals surface area contributed by atoms with E-state index in [4.69, 9.17) is 11.6 Å². The van der Waals surface area contributed by atoms with Gasteiger partial charge < -0.3 is 5.32 Å². The van der Waals surface area contributed by atoms with Gasteiger partial charge in [-0.2, -0.15) is 11.8 Å². The fourth-order valence-corrected chi connectivity index (χ4v) is 3.35. The number of amides is 1. The van der Waals surface area contributed by atoms with Gasteiger partial charge in [-0.3, -0.25) is 4.79 Å². The molecule has 1 saturated heterocycles. The molecule has 0 spiro atoms. The van der Waals surface area contributed by atoms with E-state index in [2.05, 4.69) is 5.32 Å². The van der Waals surface area contributed by atoms with Crippen LogP contribution in [0.15, 0.2) is 18.2 Å². The predicted octanol–water partition coefficient (Wildman–Crippen LogP) is 3.95. The first-order valence-electron chi connectivity index (χ1n) is 5.98. The number of anilines is 1. The predicted molar refractivity (Wildman–Crippen MR) is 74.7 cm³/mol. The lowest BCUT2D eigenvalue weighted by atomic mass is 10.0. The highest BCUT2D eigenvalue weighted by Crippen LogP contribution is 2.26. The number of hydrogen-bond acceptors (Lipinski definition) is 2. The third-order valence-electron chi connectivity index (χ3n) is 2.93. The Bertz CT molecular complexity index is 435. The molecular weight excluding hydrogens is 273 g/mol. The van der Waals surface area contributed by atoms with Crippen molar-refractivity contribution in [2.45, 2.75) is 19.3 Å². The lowest BCUT2D eigenvalue weighted by Gasteiger charge is -2.20. The summed E-state index contributed by atoms with van der Waals surface area (Å²) in [5.74, 6) is 2.21. The molecule has 1 unspecified atom stereocenters. The number of carbonyl (C=O) groups excluding carboxylic acids is 1. The van der Waals surface area contributed by atoms with Crippen LogP contribution in [0.4, 0.5) is 10.1 Å². The molecule has 0 aromatic heterocycles. The van der Waals surface area contributed by atoms with Gasteiger partial charge in [0.2, 0.25) is 5.91 Å². The molecule has 1 amide bonds. The topological polar surface area (TPSA) is 29.1 Å². The Morgan fingerprint density at radius 2 is 2.39 bits per heavy atom. The van der Waals surface area contributed by atoms with E-state index in [1.807, 2.05) is 11.8 Å². The van der Waals surface area contributed by atoms with Crippen LogP contribution >= 0.6 is 23.4 Å². The normalized spacial score (nSPS) is 19.6. The summed E-state index contributed by atoms with van der Waals surface area (Å²) in [4.78, 5) is 11.8. The minimum absolute atomic E-state index is 0.0230. The first-order valence-corrected chi connectivity index (χ1v) is 7.51. The Kier molecular flexibility index (Phi) is 4.89. The van der Waals surface area contributed by atoms with Crippen LogP contribution in [0.5, 0.6) is 0 Å². The Morgan fingerprint density at radius 3 is 3.06 bits per heavy atom. The number of benzene rings is 1. The smallest absolute Gasteiger partial charge is 0.224 e. The summed E-state index contributed by atoms with van der Waals surface area (Å²) in [6, 6.07) is 4.22. The van der Waals surface area contributed by atoms with E-state index >= 15 is 0 Å². The number of nitrogens with one attached hydrogen (secondary N) is 1. The lowest BCUT2D eigenvalue weighted by Crippen LogP contribution is -2.20. The average Bonchev–Trinajstić information content (AvgIpc) is 2.35. The monoisotopic (exact) mass is 287 g/mol. The van der Waals surface area contributed by atoms with Crippen molar-refractivity contribution in [2.24, 2.45) is 5.92 Å². The van der Waals surface area contributed by atoms with E-state index in [-0.39, 0.29) is 10.9 Å². The van der Waals surface area contributed by atoms with Crippen LogP contribution in [-0.4, -0.2) is 17.4 Å². The standard InChI is InChI=1S/C13H15ClFNOS/c14-11-7-10(3-4-12(11)15)16-13(17)6-9-2-1-5-18-8-9/h3-4,7,9H,1-2,5-6,8H2,(H,16,17). The molecule has 1 fully saturated rings. The second-order valence-electron chi connectivity index (χ2n) is 4.46. The molecule has 0 saturated carbocycles. The van der Waals surface area contributed by atoms with E-state index in [0.717, 1.165) is 12.2 Å². The van der Waals surface area contributed by atoms with E-state index in [0.29, 0.717) is 18.0 Å². The summed E-state index contributed by atoms with van der Waals surface area (Å²) in [5.41, 5.74) is 0.551. The largest absolute Gasteiger partial charge is 0.326 e. The van der Waals surface area contributed by atoms with Crippen molar-refractivity contribution < 1.29 is 9.18 Å². The van der Waals surface area contributed by atoms with Gasteiger partial charge in [0.25, 0.3) is 0 Å². The van der Waals surface area contributed by atoms with E-state index in [1.54, 1.807) is 0 Å². The van der Waals surface area contributed by atoms with Crippen molar-refractivity contribution in [3.63, 3.8) is 0 Å². The zero-order valence-electron chi connectivity index (χ0n) is 9.92. The molecule has 0 aliphatic carbocycles. The molecule has 2 nitrogen and oxygen atoms in total. The Labute approximate surface area is 115 Å². The van der Waals surface area contributed by atoms with E-state index in [1.165, 1.54) is 30.4 Å². The van der Waals surface area contributed by atoms with Crippen LogP contribution in [0.1, 0.15) is 19.3 Å². The summed E-state index contributed by atoms with van der Waals surface area (Å²) >= 11 is 7.56. The molecule has 2 rings (SSSR count). The maximum atomic E-state index is 13.0. The molecule has 1 aliphatic rings. The number of carbonyl (C=O) groups is 1. The minimum atomic E-state index is -0.474. The van der Waals surface area contributed by atoms with E-state index < -0.39 is 5.82 Å². The van der Waals surface area contributed by atoms with Crippen molar-refractivity contribution in [1.29, 1.82) is 0 Å². The first-order chi connectivity index (χ1) is 8.65. The Balaban J connectivity index is 1.88. The second kappa shape index (κ2) is 6.43. The minimum Gasteiger partial charge on any atom is -0.326 e. The molecule has 1 N–H and O–H groups in total. The average molecular weight is 288 g/mol. The van der Waals surface area contributed by atoms with Gasteiger partial charge in [-0.25, -0.2) is 4.39 Å². The molecule has 1 aliphatic heterocycles. The third kappa shape index (κ3) is 3.89. The van der Waals surface area contributed by atoms with Crippen molar-refractivity contribution in [1.82, 2.24) is 0 Å². The number of thioether (sulfide) groups is 1. The maximum absolute atomic E-state index is 13.0. The van der Waals surface area contributed by atoms with Crippen molar-refractivity contribution in [2.75, 3.05) is 16.8 Å². The summed E-state index contributed by atoms with van der Waals surface area (Å²) in [6.45, 7) is 0. The van der Waals surface area contributed by atoms with Gasteiger partial charge in [-0.05, 0) is 48.5 Å². The van der Waals surface area contributed by atoms with Crippen LogP contribution in [0.3, 0.4) is 0 Å². The van der Waals surface area contributed by atoms with Gasteiger partial charge in [0.15, 0.2) is 0 Å². The van der Waals surface area contributed by atoms with Crippen molar-refractivity contribution in [3.8, 4) is 0 Å². The van der Waals surface area contributed by atoms with Gasteiger partial charge in [0.1, 0.15) is 5.82 Å². The van der Waals surface area contributed by atoms with Gasteiger partial charge in [-0.15, -0.1) is 0 Å².